The van der Waals surface area contributed by atoms with Crippen molar-refractivity contribution in [2.24, 2.45) is 4.40 Å². The van der Waals surface area contributed by atoms with E-state index in [1.54, 1.807) is 31.1 Å². The van der Waals surface area contributed by atoms with Crippen LogP contribution in [0.1, 0.15) is 32.8 Å². The summed E-state index contributed by atoms with van der Waals surface area (Å²) >= 11 is 0. The maximum Gasteiger partial charge on any atom is 0.287 e. The first-order valence-electron chi connectivity index (χ1n) is 6.79. The van der Waals surface area contributed by atoms with Gasteiger partial charge in [0.15, 0.2) is 0 Å². The van der Waals surface area contributed by atoms with E-state index in [1.807, 2.05) is 6.07 Å². The van der Waals surface area contributed by atoms with Gasteiger partial charge in [-0.2, -0.15) is 8.42 Å². The van der Waals surface area contributed by atoms with Crippen LogP contribution >= 0.6 is 0 Å². The summed E-state index contributed by atoms with van der Waals surface area (Å²) in [5.74, 6) is 0.307. The zero-order valence-corrected chi connectivity index (χ0v) is 14.4. The summed E-state index contributed by atoms with van der Waals surface area (Å²) in [6.07, 6.45) is 2.17. The number of hydrogen-bond acceptors (Lipinski definition) is 3. The molecule has 0 atom stereocenters. The van der Waals surface area contributed by atoms with Crippen LogP contribution in [-0.4, -0.2) is 40.9 Å². The van der Waals surface area contributed by atoms with E-state index >= 15 is 0 Å². The second-order valence-corrected chi connectivity index (χ2v) is 7.36. The van der Waals surface area contributed by atoms with Crippen molar-refractivity contribution >= 4 is 16.4 Å². The van der Waals surface area contributed by atoms with Crippen molar-refractivity contribution in [3.05, 3.63) is 23.8 Å². The van der Waals surface area contributed by atoms with Gasteiger partial charge in [0.25, 0.3) is 10.0 Å². The molecule has 6 heteroatoms. The van der Waals surface area contributed by atoms with Gasteiger partial charge < -0.3 is 9.64 Å². The summed E-state index contributed by atoms with van der Waals surface area (Å²) in [7, 11) is 1.10. The van der Waals surface area contributed by atoms with E-state index in [0.717, 1.165) is 12.0 Å². The van der Waals surface area contributed by atoms with Crippen molar-refractivity contribution in [1.29, 1.82) is 0 Å². The summed E-state index contributed by atoms with van der Waals surface area (Å²) in [6.45, 7) is 6.23. The SMILES string of the molecule is CCC(C)(C)c1ccc(OC)c(S(=O)(=O)/N=C/N(C)C)c1. The van der Waals surface area contributed by atoms with Gasteiger partial charge in [0.2, 0.25) is 0 Å². The normalized spacial score (nSPS) is 12.7. The lowest BCUT2D eigenvalue weighted by Crippen LogP contribution is -2.16. The fourth-order valence-electron chi connectivity index (χ4n) is 1.72. The molecule has 0 aliphatic carbocycles. The molecule has 0 aliphatic rings. The Balaban J connectivity index is 3.43. The lowest BCUT2D eigenvalue weighted by atomic mass is 9.82. The van der Waals surface area contributed by atoms with E-state index in [4.69, 9.17) is 4.74 Å². The summed E-state index contributed by atoms with van der Waals surface area (Å²) in [5.41, 5.74) is 0.839. The van der Waals surface area contributed by atoms with Gasteiger partial charge in [-0.3, -0.25) is 0 Å². The molecule has 1 rings (SSSR count). The van der Waals surface area contributed by atoms with Crippen LogP contribution in [0, 0.1) is 0 Å². The van der Waals surface area contributed by atoms with Crippen LogP contribution < -0.4 is 4.74 Å². The first kappa shape index (κ1) is 17.5. The fourth-order valence-corrected chi connectivity index (χ4v) is 2.82. The predicted octanol–water partition coefficient (Wildman–Crippen LogP) is 2.66. The topological polar surface area (TPSA) is 59.0 Å². The van der Waals surface area contributed by atoms with Crippen molar-refractivity contribution in [3.63, 3.8) is 0 Å². The van der Waals surface area contributed by atoms with Crippen LogP contribution in [0.2, 0.25) is 0 Å². The van der Waals surface area contributed by atoms with Crippen molar-refractivity contribution < 1.29 is 13.2 Å². The maximum absolute atomic E-state index is 12.4. The summed E-state index contributed by atoms with van der Waals surface area (Å²) in [5, 5.41) is 0. The lowest BCUT2D eigenvalue weighted by Gasteiger charge is -2.24. The van der Waals surface area contributed by atoms with Gasteiger partial charge in [0.05, 0.1) is 7.11 Å². The number of methoxy groups -OCH3 is 1. The fraction of sp³-hybridized carbons (Fsp3) is 0.533. The molecule has 0 aliphatic heterocycles. The van der Waals surface area contributed by atoms with E-state index < -0.39 is 10.0 Å². The third-order valence-corrected chi connectivity index (χ3v) is 4.77. The Bertz CT molecular complexity index is 620. The van der Waals surface area contributed by atoms with Crippen molar-refractivity contribution in [3.8, 4) is 5.75 Å². The van der Waals surface area contributed by atoms with Crippen LogP contribution in [0.3, 0.4) is 0 Å². The number of benzene rings is 1. The van der Waals surface area contributed by atoms with Gasteiger partial charge in [-0.1, -0.05) is 26.8 Å². The van der Waals surface area contributed by atoms with Gasteiger partial charge in [-0.05, 0) is 29.5 Å². The van der Waals surface area contributed by atoms with Crippen LogP contribution in [0.5, 0.6) is 5.75 Å². The van der Waals surface area contributed by atoms with E-state index in [1.165, 1.54) is 13.4 Å². The van der Waals surface area contributed by atoms with Crippen molar-refractivity contribution in [2.45, 2.75) is 37.5 Å². The second kappa shape index (κ2) is 6.47. The quantitative estimate of drug-likeness (QED) is 0.598. The van der Waals surface area contributed by atoms with Crippen LogP contribution in [0.4, 0.5) is 0 Å². The van der Waals surface area contributed by atoms with Crippen LogP contribution in [0.25, 0.3) is 0 Å². The number of hydrogen-bond donors (Lipinski definition) is 0. The molecule has 0 saturated carbocycles. The minimum absolute atomic E-state index is 0.0992. The molecule has 0 saturated heterocycles. The molecule has 1 aromatic rings. The first-order valence-corrected chi connectivity index (χ1v) is 8.23. The maximum atomic E-state index is 12.4. The smallest absolute Gasteiger partial charge is 0.287 e. The monoisotopic (exact) mass is 312 g/mol. The summed E-state index contributed by atoms with van der Waals surface area (Å²) in [4.78, 5) is 1.67. The molecule has 0 fully saturated rings. The Morgan fingerprint density at radius 3 is 2.43 bits per heavy atom. The van der Waals surface area contributed by atoms with Crippen LogP contribution in [0.15, 0.2) is 27.5 Å². The molecule has 0 radical (unpaired) electrons. The molecule has 0 aromatic heterocycles. The minimum Gasteiger partial charge on any atom is -0.495 e. The molecule has 0 N–H and O–H groups in total. The van der Waals surface area contributed by atoms with Crippen molar-refractivity contribution in [2.75, 3.05) is 21.2 Å². The Morgan fingerprint density at radius 2 is 1.95 bits per heavy atom. The highest BCUT2D eigenvalue weighted by Crippen LogP contribution is 2.33. The summed E-state index contributed by atoms with van der Waals surface area (Å²) < 4.78 is 33.6. The molecule has 0 amide bonds. The highest BCUT2D eigenvalue weighted by atomic mass is 32.2. The Hall–Kier alpha value is -1.56. The summed E-state index contributed by atoms with van der Waals surface area (Å²) in [6, 6.07) is 5.24. The molecule has 118 valence electrons. The van der Waals surface area contributed by atoms with E-state index in [-0.39, 0.29) is 10.3 Å². The number of sulfonamides is 1. The van der Waals surface area contributed by atoms with Gasteiger partial charge in [0, 0.05) is 14.1 Å². The third kappa shape index (κ3) is 4.20. The van der Waals surface area contributed by atoms with Crippen molar-refractivity contribution in [1.82, 2.24) is 4.90 Å². The van der Waals surface area contributed by atoms with Gasteiger partial charge in [-0.15, -0.1) is 4.40 Å². The molecular formula is C15H24N2O3S. The highest BCUT2D eigenvalue weighted by molar-refractivity contribution is 7.90. The third-order valence-electron chi connectivity index (χ3n) is 3.52. The van der Waals surface area contributed by atoms with E-state index in [0.29, 0.717) is 5.75 Å². The Morgan fingerprint density at radius 1 is 1.33 bits per heavy atom. The van der Waals surface area contributed by atoms with Gasteiger partial charge >= 0.3 is 0 Å². The largest absolute Gasteiger partial charge is 0.495 e. The molecule has 1 aromatic carbocycles. The Labute approximate surface area is 127 Å². The molecule has 0 bridgehead atoms. The average molecular weight is 312 g/mol. The molecule has 0 heterocycles. The Kier molecular flexibility index (Phi) is 5.39. The van der Waals surface area contributed by atoms with Gasteiger partial charge in [0.1, 0.15) is 17.0 Å². The standard InChI is InChI=1S/C15H24N2O3S/c1-7-15(2,3)12-8-9-13(20-6)14(10-12)21(18,19)16-11-17(4)5/h8-11H,7H2,1-6H3/b16-11+. The lowest BCUT2D eigenvalue weighted by molar-refractivity contribution is 0.401. The van der Waals surface area contributed by atoms with E-state index in [2.05, 4.69) is 25.2 Å². The number of nitrogens with zero attached hydrogens (tertiary/aromatic N) is 2. The molecule has 21 heavy (non-hydrogen) atoms. The zero-order chi connectivity index (χ0) is 16.3. The number of rotatable bonds is 6. The zero-order valence-electron chi connectivity index (χ0n) is 13.5. The second-order valence-electron chi connectivity index (χ2n) is 5.76. The molecule has 5 nitrogen and oxygen atoms in total. The highest BCUT2D eigenvalue weighted by Gasteiger charge is 2.24. The molecule has 0 spiro atoms. The average Bonchev–Trinajstić information content (AvgIpc) is 2.44. The molecule has 0 unspecified atom stereocenters. The van der Waals surface area contributed by atoms with Crippen LogP contribution in [-0.2, 0) is 15.4 Å². The van der Waals surface area contributed by atoms with Gasteiger partial charge in [-0.25, -0.2) is 0 Å². The first-order chi connectivity index (χ1) is 9.64. The predicted molar refractivity (Wildman–Crippen MR) is 85.7 cm³/mol. The minimum atomic E-state index is -3.79. The number of ether oxygens (including phenoxy) is 1. The van der Waals surface area contributed by atoms with E-state index in [9.17, 15) is 8.42 Å². The molecular weight excluding hydrogens is 288 g/mol.